The Labute approximate surface area is 77.8 Å². The van der Waals surface area contributed by atoms with Crippen molar-refractivity contribution >= 4 is 5.97 Å². The quantitative estimate of drug-likeness (QED) is 0.205. The van der Waals surface area contributed by atoms with Crippen LogP contribution in [0.1, 0.15) is 19.8 Å². The number of allylic oxidation sites excluding steroid dienone is 1. The second-order valence-corrected chi connectivity index (χ2v) is 2.31. The van der Waals surface area contributed by atoms with Crippen LogP contribution in [0.3, 0.4) is 0 Å². The molecule has 0 bridgehead atoms. The van der Waals surface area contributed by atoms with Gasteiger partial charge in [-0.1, -0.05) is 13.3 Å². The van der Waals surface area contributed by atoms with Gasteiger partial charge in [0, 0.05) is 12.2 Å². The summed E-state index contributed by atoms with van der Waals surface area (Å²) >= 11 is 0. The highest BCUT2D eigenvalue weighted by atomic mass is 16.7. The average Bonchev–Trinajstić information content (AvgIpc) is 2.14. The Morgan fingerprint density at radius 1 is 1.62 bits per heavy atom. The van der Waals surface area contributed by atoms with E-state index < -0.39 is 5.97 Å². The zero-order chi connectivity index (χ0) is 9.94. The summed E-state index contributed by atoms with van der Waals surface area (Å²) in [4.78, 5) is 10.7. The van der Waals surface area contributed by atoms with Crippen LogP contribution in [0.15, 0.2) is 12.2 Å². The molecule has 4 nitrogen and oxygen atoms in total. The van der Waals surface area contributed by atoms with Crippen molar-refractivity contribution in [2.45, 2.75) is 19.8 Å². The van der Waals surface area contributed by atoms with E-state index in [4.69, 9.17) is 10.00 Å². The number of rotatable bonds is 6. The molecule has 0 rings (SSSR count). The Kier molecular flexibility index (Phi) is 7.85. The molecule has 0 N–H and O–H groups in total. The van der Waals surface area contributed by atoms with Gasteiger partial charge in [0.05, 0.1) is 12.7 Å². The maximum atomic E-state index is 10.7. The van der Waals surface area contributed by atoms with Crippen molar-refractivity contribution in [3.8, 4) is 6.07 Å². The van der Waals surface area contributed by atoms with Crippen LogP contribution in [0.4, 0.5) is 0 Å². The standard InChI is InChI=1S/C9H13NO3/c1-2-3-7-12-8-13-9(11)5-4-6-10/h4-5H,2-3,7-8H2,1H3. The Morgan fingerprint density at radius 3 is 3.00 bits per heavy atom. The van der Waals surface area contributed by atoms with Crippen molar-refractivity contribution < 1.29 is 14.3 Å². The molecule has 0 aromatic rings. The van der Waals surface area contributed by atoms with Gasteiger partial charge in [0.25, 0.3) is 0 Å². The lowest BCUT2D eigenvalue weighted by atomic mass is 10.4. The van der Waals surface area contributed by atoms with Crippen LogP contribution in [0.2, 0.25) is 0 Å². The zero-order valence-corrected chi connectivity index (χ0v) is 7.66. The van der Waals surface area contributed by atoms with E-state index in [1.165, 1.54) is 0 Å². The van der Waals surface area contributed by atoms with Gasteiger partial charge >= 0.3 is 5.97 Å². The van der Waals surface area contributed by atoms with Crippen molar-refractivity contribution in [1.29, 1.82) is 5.26 Å². The third-order valence-corrected chi connectivity index (χ3v) is 1.22. The molecule has 0 aliphatic heterocycles. The molecule has 0 unspecified atom stereocenters. The molecule has 0 spiro atoms. The molecule has 0 aliphatic carbocycles. The van der Waals surface area contributed by atoms with Gasteiger partial charge in [-0.3, -0.25) is 0 Å². The van der Waals surface area contributed by atoms with Crippen LogP contribution in [0.5, 0.6) is 0 Å². The van der Waals surface area contributed by atoms with Crippen LogP contribution in [-0.4, -0.2) is 19.4 Å². The first-order chi connectivity index (χ1) is 6.31. The first-order valence-corrected chi connectivity index (χ1v) is 4.12. The minimum atomic E-state index is -0.557. The van der Waals surface area contributed by atoms with Crippen molar-refractivity contribution in [3.05, 3.63) is 12.2 Å². The van der Waals surface area contributed by atoms with Gasteiger partial charge in [0.1, 0.15) is 0 Å². The fourth-order valence-electron chi connectivity index (χ4n) is 0.558. The van der Waals surface area contributed by atoms with Gasteiger partial charge in [-0.15, -0.1) is 0 Å². The summed E-state index contributed by atoms with van der Waals surface area (Å²) in [7, 11) is 0. The number of esters is 1. The lowest BCUT2D eigenvalue weighted by Gasteiger charge is -2.02. The Hall–Kier alpha value is -1.34. The topological polar surface area (TPSA) is 59.3 Å². The second kappa shape index (κ2) is 8.75. The molecule has 0 saturated heterocycles. The summed E-state index contributed by atoms with van der Waals surface area (Å²) in [5.74, 6) is -0.557. The SMILES string of the molecule is CCCCOCOC(=O)C=CC#N. The Morgan fingerprint density at radius 2 is 2.38 bits per heavy atom. The molecule has 0 aromatic heterocycles. The van der Waals surface area contributed by atoms with Crippen molar-refractivity contribution in [2.75, 3.05) is 13.4 Å². The van der Waals surface area contributed by atoms with E-state index >= 15 is 0 Å². The summed E-state index contributed by atoms with van der Waals surface area (Å²) in [6.07, 6.45) is 4.12. The molecule has 72 valence electrons. The van der Waals surface area contributed by atoms with Crippen LogP contribution in [0.25, 0.3) is 0 Å². The normalized spacial score (nSPS) is 9.85. The van der Waals surface area contributed by atoms with E-state index in [1.54, 1.807) is 6.07 Å². The molecule has 0 atom stereocenters. The minimum Gasteiger partial charge on any atom is -0.435 e. The van der Waals surface area contributed by atoms with Gasteiger partial charge in [-0.25, -0.2) is 4.79 Å². The summed E-state index contributed by atoms with van der Waals surface area (Å²) in [6, 6.07) is 1.69. The molecule has 0 amide bonds. The van der Waals surface area contributed by atoms with Gasteiger partial charge in [-0.2, -0.15) is 5.26 Å². The third kappa shape index (κ3) is 8.57. The van der Waals surface area contributed by atoms with Gasteiger partial charge < -0.3 is 9.47 Å². The number of hydrogen-bond donors (Lipinski definition) is 0. The fourth-order valence-corrected chi connectivity index (χ4v) is 0.558. The molecule has 0 heterocycles. The smallest absolute Gasteiger partial charge is 0.333 e. The zero-order valence-electron chi connectivity index (χ0n) is 7.66. The van der Waals surface area contributed by atoms with Gasteiger partial charge in [0.2, 0.25) is 0 Å². The Bertz CT molecular complexity index is 205. The summed E-state index contributed by atoms with van der Waals surface area (Å²) in [5.41, 5.74) is 0. The monoisotopic (exact) mass is 183 g/mol. The predicted octanol–water partition coefficient (Wildman–Crippen LogP) is 1.38. The van der Waals surface area contributed by atoms with Crippen molar-refractivity contribution in [3.63, 3.8) is 0 Å². The van der Waals surface area contributed by atoms with Gasteiger partial charge in [-0.05, 0) is 6.42 Å². The third-order valence-electron chi connectivity index (χ3n) is 1.22. The summed E-state index contributed by atoms with van der Waals surface area (Å²) < 4.78 is 9.56. The van der Waals surface area contributed by atoms with E-state index in [0.717, 1.165) is 25.0 Å². The lowest BCUT2D eigenvalue weighted by molar-refractivity contribution is -0.150. The maximum Gasteiger partial charge on any atom is 0.333 e. The summed E-state index contributed by atoms with van der Waals surface area (Å²) in [6.45, 7) is 2.59. The van der Waals surface area contributed by atoms with Crippen LogP contribution in [-0.2, 0) is 14.3 Å². The van der Waals surface area contributed by atoms with E-state index in [-0.39, 0.29) is 6.79 Å². The highest BCUT2D eigenvalue weighted by Crippen LogP contribution is 1.89. The molecule has 0 radical (unpaired) electrons. The molecular formula is C9H13NO3. The van der Waals surface area contributed by atoms with Crippen LogP contribution >= 0.6 is 0 Å². The summed E-state index contributed by atoms with van der Waals surface area (Å²) in [5, 5.41) is 8.08. The average molecular weight is 183 g/mol. The van der Waals surface area contributed by atoms with E-state index in [1.807, 2.05) is 6.92 Å². The van der Waals surface area contributed by atoms with Gasteiger partial charge in [0.15, 0.2) is 6.79 Å². The minimum absolute atomic E-state index is 0.0470. The van der Waals surface area contributed by atoms with Crippen molar-refractivity contribution in [2.24, 2.45) is 0 Å². The number of carbonyl (C=O) groups is 1. The predicted molar refractivity (Wildman–Crippen MR) is 46.6 cm³/mol. The molecule has 0 saturated carbocycles. The van der Waals surface area contributed by atoms with E-state index in [0.29, 0.717) is 6.61 Å². The Balaban J connectivity index is 3.28. The van der Waals surface area contributed by atoms with Crippen molar-refractivity contribution in [1.82, 2.24) is 0 Å². The number of unbranched alkanes of at least 4 members (excludes halogenated alkanes) is 1. The maximum absolute atomic E-state index is 10.7. The first kappa shape index (κ1) is 11.7. The van der Waals surface area contributed by atoms with Crippen LogP contribution in [0, 0.1) is 11.3 Å². The molecule has 0 aliphatic rings. The highest BCUT2D eigenvalue weighted by molar-refractivity contribution is 5.82. The first-order valence-electron chi connectivity index (χ1n) is 4.12. The molecular weight excluding hydrogens is 170 g/mol. The van der Waals surface area contributed by atoms with Crippen LogP contribution < -0.4 is 0 Å². The number of hydrogen-bond acceptors (Lipinski definition) is 4. The fraction of sp³-hybridized carbons (Fsp3) is 0.556. The molecule has 13 heavy (non-hydrogen) atoms. The second-order valence-electron chi connectivity index (χ2n) is 2.31. The molecule has 4 heteroatoms. The van der Waals surface area contributed by atoms with E-state index in [9.17, 15) is 4.79 Å². The number of ether oxygens (including phenoxy) is 2. The number of carbonyl (C=O) groups excluding carboxylic acids is 1. The number of nitrogens with zero attached hydrogens (tertiary/aromatic N) is 1. The lowest BCUT2D eigenvalue weighted by Crippen LogP contribution is -2.06. The molecule has 0 fully saturated rings. The largest absolute Gasteiger partial charge is 0.435 e. The van der Waals surface area contributed by atoms with E-state index in [2.05, 4.69) is 4.74 Å². The highest BCUT2D eigenvalue weighted by Gasteiger charge is 1.94. The molecule has 0 aromatic carbocycles. The number of nitriles is 1.